The van der Waals surface area contributed by atoms with Gasteiger partial charge in [0.2, 0.25) is 0 Å². The number of nitrogens with one attached hydrogen (secondary N) is 1. The Morgan fingerprint density at radius 1 is 1.73 bits per heavy atom. The van der Waals surface area contributed by atoms with Gasteiger partial charge in [0.1, 0.15) is 0 Å². The average molecular weight is 158 g/mol. The summed E-state index contributed by atoms with van der Waals surface area (Å²) >= 11 is 0. The van der Waals surface area contributed by atoms with Gasteiger partial charge < -0.3 is 10.4 Å². The van der Waals surface area contributed by atoms with E-state index in [4.69, 9.17) is 0 Å². The molecule has 2 unspecified atom stereocenters. The van der Waals surface area contributed by atoms with E-state index < -0.39 is 0 Å². The zero-order chi connectivity index (χ0) is 8.27. The first-order chi connectivity index (χ1) is 5.25. The molecule has 2 N–H and O–H groups in total. The lowest BCUT2D eigenvalue weighted by Gasteiger charge is -2.35. The van der Waals surface area contributed by atoms with E-state index in [-0.39, 0.29) is 6.10 Å². The van der Waals surface area contributed by atoms with E-state index in [9.17, 15) is 5.11 Å². The molecule has 0 spiro atoms. The monoisotopic (exact) mass is 158 g/mol. The Balaban J connectivity index is 2.40. The number of likely N-dealkylation sites (N-methyl/N-ethyl adjacent to an activating group) is 1. The van der Waals surface area contributed by atoms with Crippen molar-refractivity contribution >= 4 is 0 Å². The van der Waals surface area contributed by atoms with Crippen LogP contribution in [-0.2, 0) is 0 Å². The normalized spacial score (nSPS) is 30.3. The molecule has 1 fully saturated rings. The molecule has 0 aromatic carbocycles. The van der Waals surface area contributed by atoms with E-state index in [2.05, 4.69) is 17.3 Å². The molecule has 1 heterocycles. The number of rotatable bonds is 2. The quantitative estimate of drug-likeness (QED) is 0.577. The molecule has 1 aliphatic heterocycles. The summed E-state index contributed by atoms with van der Waals surface area (Å²) in [5, 5.41) is 12.9. The number of aliphatic hydroxyl groups is 1. The highest BCUT2D eigenvalue weighted by atomic mass is 16.3. The summed E-state index contributed by atoms with van der Waals surface area (Å²) in [6.07, 6.45) is 0.671. The summed E-state index contributed by atoms with van der Waals surface area (Å²) in [6, 6.07) is 0.314. The molecule has 0 saturated carbocycles. The van der Waals surface area contributed by atoms with Gasteiger partial charge in [-0.1, -0.05) is 6.92 Å². The van der Waals surface area contributed by atoms with Gasteiger partial charge in [0.05, 0.1) is 6.10 Å². The predicted octanol–water partition coefficient (Wildman–Crippen LogP) is -0.339. The van der Waals surface area contributed by atoms with Crippen molar-refractivity contribution in [2.75, 3.05) is 26.7 Å². The fourth-order valence-corrected chi connectivity index (χ4v) is 1.53. The summed E-state index contributed by atoms with van der Waals surface area (Å²) in [7, 11) is 2.07. The zero-order valence-corrected chi connectivity index (χ0v) is 7.38. The molecular weight excluding hydrogens is 140 g/mol. The molecular formula is C8H18N2O. The molecule has 0 aromatic heterocycles. The van der Waals surface area contributed by atoms with Crippen molar-refractivity contribution in [2.24, 2.45) is 0 Å². The van der Waals surface area contributed by atoms with Crippen molar-refractivity contribution in [2.45, 2.75) is 25.5 Å². The Bertz CT molecular complexity index is 115. The topological polar surface area (TPSA) is 35.5 Å². The van der Waals surface area contributed by atoms with Gasteiger partial charge >= 0.3 is 0 Å². The van der Waals surface area contributed by atoms with Crippen LogP contribution in [0, 0.1) is 0 Å². The highest BCUT2D eigenvalue weighted by molar-refractivity contribution is 4.82. The number of hydrogen-bond acceptors (Lipinski definition) is 3. The van der Waals surface area contributed by atoms with Crippen LogP contribution in [0.5, 0.6) is 0 Å². The minimum atomic E-state index is -0.173. The second-order valence-electron chi connectivity index (χ2n) is 3.23. The lowest BCUT2D eigenvalue weighted by Crippen LogP contribution is -2.54. The van der Waals surface area contributed by atoms with Crippen LogP contribution in [0.2, 0.25) is 0 Å². The Morgan fingerprint density at radius 3 is 3.00 bits per heavy atom. The van der Waals surface area contributed by atoms with Crippen LogP contribution in [-0.4, -0.2) is 48.8 Å². The predicted molar refractivity (Wildman–Crippen MR) is 45.6 cm³/mol. The molecule has 11 heavy (non-hydrogen) atoms. The largest absolute Gasteiger partial charge is 0.391 e. The van der Waals surface area contributed by atoms with E-state index >= 15 is 0 Å². The molecule has 2 atom stereocenters. The van der Waals surface area contributed by atoms with Gasteiger partial charge in [-0.3, -0.25) is 4.90 Å². The van der Waals surface area contributed by atoms with Crippen LogP contribution in [0.3, 0.4) is 0 Å². The third-order valence-corrected chi connectivity index (χ3v) is 2.42. The van der Waals surface area contributed by atoms with E-state index in [1.807, 2.05) is 6.92 Å². The number of nitrogens with zero attached hydrogens (tertiary/aromatic N) is 1. The molecule has 1 aliphatic rings. The Labute approximate surface area is 68.4 Å². The molecule has 66 valence electrons. The van der Waals surface area contributed by atoms with Crippen molar-refractivity contribution in [3.8, 4) is 0 Å². The van der Waals surface area contributed by atoms with Gasteiger partial charge in [-0.25, -0.2) is 0 Å². The standard InChI is InChI=1S/C8H18N2O/c1-3-8(11)7-6-9-4-5-10(7)2/h7-9,11H,3-6H2,1-2H3. The first-order valence-electron chi connectivity index (χ1n) is 4.34. The van der Waals surface area contributed by atoms with Gasteiger partial charge in [-0.2, -0.15) is 0 Å². The summed E-state index contributed by atoms with van der Waals surface area (Å²) in [5.74, 6) is 0. The zero-order valence-electron chi connectivity index (χ0n) is 7.38. The SMILES string of the molecule is CCC(O)C1CNCCN1C. The van der Waals surface area contributed by atoms with Crippen LogP contribution >= 0.6 is 0 Å². The first-order valence-corrected chi connectivity index (χ1v) is 4.34. The molecule has 0 aromatic rings. The third kappa shape index (κ3) is 2.15. The lowest BCUT2D eigenvalue weighted by molar-refractivity contribution is 0.0472. The van der Waals surface area contributed by atoms with Crippen molar-refractivity contribution in [1.82, 2.24) is 10.2 Å². The minimum absolute atomic E-state index is 0.173. The molecule has 3 nitrogen and oxygen atoms in total. The highest BCUT2D eigenvalue weighted by Gasteiger charge is 2.24. The fourth-order valence-electron chi connectivity index (χ4n) is 1.53. The van der Waals surface area contributed by atoms with E-state index in [1.165, 1.54) is 0 Å². The Hall–Kier alpha value is -0.120. The van der Waals surface area contributed by atoms with Gasteiger partial charge in [0.25, 0.3) is 0 Å². The van der Waals surface area contributed by atoms with Crippen LogP contribution in [0.4, 0.5) is 0 Å². The first kappa shape index (κ1) is 8.97. The maximum atomic E-state index is 9.57. The fraction of sp³-hybridized carbons (Fsp3) is 1.00. The molecule has 0 bridgehead atoms. The highest BCUT2D eigenvalue weighted by Crippen LogP contribution is 2.07. The minimum Gasteiger partial charge on any atom is -0.391 e. The van der Waals surface area contributed by atoms with Crippen LogP contribution in [0.1, 0.15) is 13.3 Å². The van der Waals surface area contributed by atoms with Crippen molar-refractivity contribution < 1.29 is 5.11 Å². The number of aliphatic hydroxyl groups excluding tert-OH is 1. The maximum absolute atomic E-state index is 9.57. The second-order valence-corrected chi connectivity index (χ2v) is 3.23. The van der Waals surface area contributed by atoms with Crippen molar-refractivity contribution in [1.29, 1.82) is 0 Å². The molecule has 0 radical (unpaired) electrons. The number of hydrogen-bond donors (Lipinski definition) is 2. The van der Waals surface area contributed by atoms with Crippen LogP contribution in [0.25, 0.3) is 0 Å². The van der Waals surface area contributed by atoms with Gasteiger partial charge in [0.15, 0.2) is 0 Å². The lowest BCUT2D eigenvalue weighted by atomic mass is 10.1. The maximum Gasteiger partial charge on any atom is 0.0705 e. The van der Waals surface area contributed by atoms with Gasteiger partial charge in [-0.05, 0) is 13.5 Å². The summed E-state index contributed by atoms with van der Waals surface area (Å²) in [6.45, 7) is 5.03. The number of piperazine rings is 1. The second kappa shape index (κ2) is 4.04. The van der Waals surface area contributed by atoms with Gasteiger partial charge in [-0.15, -0.1) is 0 Å². The summed E-state index contributed by atoms with van der Waals surface area (Å²) in [5.41, 5.74) is 0. The Kier molecular flexibility index (Phi) is 3.30. The molecule has 3 heteroatoms. The molecule has 0 amide bonds. The van der Waals surface area contributed by atoms with Crippen LogP contribution in [0.15, 0.2) is 0 Å². The molecule has 1 rings (SSSR count). The van der Waals surface area contributed by atoms with E-state index in [0.29, 0.717) is 6.04 Å². The van der Waals surface area contributed by atoms with Gasteiger partial charge in [0, 0.05) is 25.7 Å². The third-order valence-electron chi connectivity index (χ3n) is 2.42. The smallest absolute Gasteiger partial charge is 0.0705 e. The van der Waals surface area contributed by atoms with Crippen molar-refractivity contribution in [3.05, 3.63) is 0 Å². The molecule has 0 aliphatic carbocycles. The van der Waals surface area contributed by atoms with E-state index in [1.54, 1.807) is 0 Å². The van der Waals surface area contributed by atoms with E-state index in [0.717, 1.165) is 26.1 Å². The average Bonchev–Trinajstić information content (AvgIpc) is 2.04. The van der Waals surface area contributed by atoms with Crippen molar-refractivity contribution in [3.63, 3.8) is 0 Å². The van der Waals surface area contributed by atoms with Crippen LogP contribution < -0.4 is 5.32 Å². The summed E-state index contributed by atoms with van der Waals surface area (Å²) < 4.78 is 0. The summed E-state index contributed by atoms with van der Waals surface area (Å²) in [4.78, 5) is 2.23. The molecule has 1 saturated heterocycles. The Morgan fingerprint density at radius 2 is 2.45 bits per heavy atom.